The molecule has 0 saturated carbocycles. The Bertz CT molecular complexity index is 939. The fourth-order valence-electron chi connectivity index (χ4n) is 3.53. The fourth-order valence-corrected chi connectivity index (χ4v) is 3.53. The maximum atomic E-state index is 12.7. The molecule has 0 N–H and O–H groups in total. The normalized spacial score (nSPS) is 15.5. The lowest BCUT2D eigenvalue weighted by atomic mass is 10.1. The lowest BCUT2D eigenvalue weighted by molar-refractivity contribution is -0.121. The molecule has 1 saturated heterocycles. The second-order valence-corrected chi connectivity index (χ2v) is 7.14. The van der Waals surface area contributed by atoms with Crippen molar-refractivity contribution in [3.05, 3.63) is 59.4 Å². The van der Waals surface area contributed by atoms with Gasteiger partial charge in [0.2, 0.25) is 11.8 Å². The number of piperazine rings is 1. The minimum absolute atomic E-state index is 0.113. The molecule has 2 aromatic heterocycles. The average Bonchev–Trinajstić information content (AvgIpc) is 3.24. The van der Waals surface area contributed by atoms with Gasteiger partial charge in [-0.1, -0.05) is 6.07 Å². The van der Waals surface area contributed by atoms with Crippen LogP contribution in [0.1, 0.15) is 22.6 Å². The molecule has 27 heavy (non-hydrogen) atoms. The SMILES string of the molecule is Cc1cc(C)cc(N2CCN(Cc3nc(-c4ccoc4)oc3C)CC2=O)c1. The van der Waals surface area contributed by atoms with Crippen LogP contribution in [0.2, 0.25) is 0 Å². The zero-order valence-electron chi connectivity index (χ0n) is 15.9. The molecule has 140 valence electrons. The van der Waals surface area contributed by atoms with E-state index in [-0.39, 0.29) is 5.91 Å². The predicted octanol–water partition coefficient (Wildman–Crippen LogP) is 3.71. The van der Waals surface area contributed by atoms with E-state index >= 15 is 0 Å². The van der Waals surface area contributed by atoms with E-state index in [0.29, 0.717) is 25.5 Å². The largest absolute Gasteiger partial charge is 0.472 e. The maximum Gasteiger partial charge on any atom is 0.241 e. The van der Waals surface area contributed by atoms with Crippen LogP contribution in [-0.2, 0) is 11.3 Å². The first kappa shape index (κ1) is 17.5. The highest BCUT2D eigenvalue weighted by molar-refractivity contribution is 5.95. The van der Waals surface area contributed by atoms with Crippen LogP contribution in [0.4, 0.5) is 5.69 Å². The summed E-state index contributed by atoms with van der Waals surface area (Å²) in [5, 5.41) is 0. The van der Waals surface area contributed by atoms with Gasteiger partial charge in [0.25, 0.3) is 0 Å². The molecule has 1 fully saturated rings. The Labute approximate surface area is 158 Å². The molecule has 0 aliphatic carbocycles. The second kappa shape index (κ2) is 7.04. The van der Waals surface area contributed by atoms with Gasteiger partial charge in [-0.25, -0.2) is 4.98 Å². The number of aromatic nitrogens is 1. The molecule has 6 heteroatoms. The van der Waals surface area contributed by atoms with E-state index in [9.17, 15) is 4.79 Å². The van der Waals surface area contributed by atoms with Crippen LogP contribution in [0.15, 0.2) is 45.6 Å². The standard InChI is InChI=1S/C21H23N3O3/c1-14-8-15(2)10-18(9-14)24-6-5-23(12-20(24)25)11-19-16(3)27-21(22-19)17-4-7-26-13-17/h4,7-10,13H,5-6,11-12H2,1-3H3. The third-order valence-corrected chi connectivity index (χ3v) is 4.85. The summed E-state index contributed by atoms with van der Waals surface area (Å²) in [5.74, 6) is 1.44. The van der Waals surface area contributed by atoms with E-state index < -0.39 is 0 Å². The molecule has 1 amide bonds. The number of nitrogens with zero attached hydrogens (tertiary/aromatic N) is 3. The summed E-state index contributed by atoms with van der Waals surface area (Å²) in [6.07, 6.45) is 3.21. The number of carbonyl (C=O) groups is 1. The molecule has 0 bridgehead atoms. The van der Waals surface area contributed by atoms with E-state index in [1.165, 1.54) is 11.1 Å². The van der Waals surface area contributed by atoms with Gasteiger partial charge in [-0.15, -0.1) is 0 Å². The highest BCUT2D eigenvalue weighted by atomic mass is 16.4. The number of hydrogen-bond acceptors (Lipinski definition) is 5. The second-order valence-electron chi connectivity index (χ2n) is 7.14. The highest BCUT2D eigenvalue weighted by Gasteiger charge is 2.26. The van der Waals surface area contributed by atoms with Gasteiger partial charge in [-0.2, -0.15) is 0 Å². The van der Waals surface area contributed by atoms with E-state index in [1.807, 2.05) is 17.9 Å². The smallest absolute Gasteiger partial charge is 0.241 e. The van der Waals surface area contributed by atoms with Crippen molar-refractivity contribution >= 4 is 11.6 Å². The van der Waals surface area contributed by atoms with Crippen molar-refractivity contribution in [3.63, 3.8) is 0 Å². The van der Waals surface area contributed by atoms with Crippen LogP contribution in [-0.4, -0.2) is 35.4 Å². The number of aryl methyl sites for hydroxylation is 3. The summed E-state index contributed by atoms with van der Waals surface area (Å²) in [4.78, 5) is 21.3. The molecule has 0 unspecified atom stereocenters. The topological polar surface area (TPSA) is 62.7 Å². The van der Waals surface area contributed by atoms with Crippen molar-refractivity contribution in [2.75, 3.05) is 24.5 Å². The Morgan fingerprint density at radius 2 is 1.89 bits per heavy atom. The van der Waals surface area contributed by atoms with Gasteiger partial charge in [0.05, 0.1) is 24.1 Å². The predicted molar refractivity (Wildman–Crippen MR) is 102 cm³/mol. The Morgan fingerprint density at radius 1 is 1.11 bits per heavy atom. The van der Waals surface area contributed by atoms with Crippen molar-refractivity contribution in [2.45, 2.75) is 27.3 Å². The highest BCUT2D eigenvalue weighted by Crippen LogP contribution is 2.24. The number of hydrogen-bond donors (Lipinski definition) is 0. The first-order valence-electron chi connectivity index (χ1n) is 9.09. The summed E-state index contributed by atoms with van der Waals surface area (Å²) >= 11 is 0. The van der Waals surface area contributed by atoms with Crippen LogP contribution in [0.5, 0.6) is 0 Å². The van der Waals surface area contributed by atoms with Crippen molar-refractivity contribution in [2.24, 2.45) is 0 Å². The number of rotatable bonds is 4. The number of carbonyl (C=O) groups excluding carboxylic acids is 1. The molecule has 0 radical (unpaired) electrons. The Balaban J connectivity index is 1.45. The zero-order chi connectivity index (χ0) is 19.0. The number of furan rings is 1. The molecule has 1 aromatic carbocycles. The van der Waals surface area contributed by atoms with Crippen molar-refractivity contribution in [3.8, 4) is 11.5 Å². The molecule has 1 aliphatic heterocycles. The number of anilines is 1. The number of oxazole rings is 1. The van der Waals surface area contributed by atoms with Gasteiger partial charge >= 0.3 is 0 Å². The van der Waals surface area contributed by atoms with E-state index in [0.717, 1.165) is 29.2 Å². The Hall–Kier alpha value is -2.86. The van der Waals surface area contributed by atoms with Crippen LogP contribution >= 0.6 is 0 Å². The minimum atomic E-state index is 0.113. The molecule has 6 nitrogen and oxygen atoms in total. The molecular formula is C21H23N3O3. The third-order valence-electron chi connectivity index (χ3n) is 4.85. The number of benzene rings is 1. The summed E-state index contributed by atoms with van der Waals surface area (Å²) in [6, 6.07) is 8.08. The van der Waals surface area contributed by atoms with Crippen molar-refractivity contribution in [1.29, 1.82) is 0 Å². The van der Waals surface area contributed by atoms with Gasteiger partial charge in [0.15, 0.2) is 0 Å². The number of amides is 1. The molecule has 3 aromatic rings. The monoisotopic (exact) mass is 365 g/mol. The van der Waals surface area contributed by atoms with Crippen LogP contribution in [0.3, 0.4) is 0 Å². The Morgan fingerprint density at radius 3 is 2.56 bits per heavy atom. The van der Waals surface area contributed by atoms with Crippen molar-refractivity contribution in [1.82, 2.24) is 9.88 Å². The first-order chi connectivity index (χ1) is 13.0. The van der Waals surface area contributed by atoms with Crippen molar-refractivity contribution < 1.29 is 13.6 Å². The lowest BCUT2D eigenvalue weighted by Gasteiger charge is -2.34. The molecule has 3 heterocycles. The molecule has 1 aliphatic rings. The fraction of sp³-hybridized carbons (Fsp3) is 0.333. The first-order valence-corrected chi connectivity index (χ1v) is 9.09. The van der Waals surface area contributed by atoms with Crippen LogP contribution in [0, 0.1) is 20.8 Å². The maximum absolute atomic E-state index is 12.7. The minimum Gasteiger partial charge on any atom is -0.472 e. The quantitative estimate of drug-likeness (QED) is 0.705. The summed E-state index contributed by atoms with van der Waals surface area (Å²) < 4.78 is 10.8. The van der Waals surface area contributed by atoms with E-state index in [1.54, 1.807) is 12.5 Å². The third kappa shape index (κ3) is 3.66. The summed E-state index contributed by atoms with van der Waals surface area (Å²) in [6.45, 7) is 8.46. The summed E-state index contributed by atoms with van der Waals surface area (Å²) in [7, 11) is 0. The van der Waals surface area contributed by atoms with Crippen LogP contribution in [0.25, 0.3) is 11.5 Å². The summed E-state index contributed by atoms with van der Waals surface area (Å²) in [5.41, 5.74) is 5.01. The molecule has 4 rings (SSSR count). The molecule has 0 atom stereocenters. The lowest BCUT2D eigenvalue weighted by Crippen LogP contribution is -2.50. The van der Waals surface area contributed by atoms with Crippen LogP contribution < -0.4 is 4.90 Å². The molecular weight excluding hydrogens is 342 g/mol. The Kier molecular flexibility index (Phi) is 4.58. The van der Waals surface area contributed by atoms with Gasteiger partial charge < -0.3 is 13.7 Å². The average molecular weight is 365 g/mol. The van der Waals surface area contributed by atoms with Gasteiger partial charge in [-0.05, 0) is 50.1 Å². The molecule has 0 spiro atoms. The van der Waals surface area contributed by atoms with E-state index in [4.69, 9.17) is 8.83 Å². The van der Waals surface area contributed by atoms with Gasteiger partial charge in [-0.3, -0.25) is 9.69 Å². The van der Waals surface area contributed by atoms with Gasteiger partial charge in [0, 0.05) is 25.3 Å². The zero-order valence-corrected chi connectivity index (χ0v) is 15.9. The van der Waals surface area contributed by atoms with Gasteiger partial charge in [0.1, 0.15) is 12.0 Å². The van der Waals surface area contributed by atoms with E-state index in [2.05, 4.69) is 41.9 Å².